The molecule has 1 amide bonds. The first-order valence-corrected chi connectivity index (χ1v) is 15.7. The van der Waals surface area contributed by atoms with Gasteiger partial charge in [0.05, 0.1) is 4.21 Å². The fourth-order valence-electron chi connectivity index (χ4n) is 4.34. The molecule has 0 atom stereocenters. The van der Waals surface area contributed by atoms with Crippen LogP contribution in [0, 0.1) is 0 Å². The van der Waals surface area contributed by atoms with Crippen molar-refractivity contribution in [1.82, 2.24) is 4.90 Å². The van der Waals surface area contributed by atoms with E-state index in [1.807, 2.05) is 30.1 Å². The van der Waals surface area contributed by atoms with Crippen molar-refractivity contribution in [3.63, 3.8) is 0 Å². The van der Waals surface area contributed by atoms with E-state index >= 15 is 0 Å². The zero-order chi connectivity index (χ0) is 22.2. The highest BCUT2D eigenvalue weighted by molar-refractivity contribution is 8.00. The maximum absolute atomic E-state index is 13.4. The van der Waals surface area contributed by atoms with E-state index in [0.717, 1.165) is 51.0 Å². The molecule has 3 aromatic rings. The Morgan fingerprint density at radius 1 is 1.19 bits per heavy atom. The standard InChI is InChI=1S/C24H30N2O2S2Si/c1-29-24-21-14-19(31(2,3)28)7-8-20(21)22(30-24)23(27)26-11-9-17(10-12-26)18-6-4-5-16(13-18)15-25/h4-8,13-14,17,28H,9-12,15,25H2,1-3H3. The molecule has 0 unspecified atom stereocenters. The van der Waals surface area contributed by atoms with Crippen LogP contribution in [0.1, 0.15) is 39.6 Å². The minimum absolute atomic E-state index is 0.137. The molecule has 1 saturated heterocycles. The lowest BCUT2D eigenvalue weighted by Gasteiger charge is -2.32. The predicted octanol–water partition coefficient (Wildman–Crippen LogP) is 4.51. The van der Waals surface area contributed by atoms with Gasteiger partial charge in [-0.15, -0.1) is 23.1 Å². The second kappa shape index (κ2) is 9.08. The first-order chi connectivity index (χ1) is 14.8. The molecule has 31 heavy (non-hydrogen) atoms. The summed E-state index contributed by atoms with van der Waals surface area (Å²) in [6.07, 6.45) is 4.01. The number of nitrogens with zero attached hydrogens (tertiary/aromatic N) is 1. The molecule has 0 radical (unpaired) electrons. The van der Waals surface area contributed by atoms with Crippen LogP contribution in [0.25, 0.3) is 10.8 Å². The van der Waals surface area contributed by atoms with E-state index in [1.54, 1.807) is 23.1 Å². The number of piperidine rings is 1. The van der Waals surface area contributed by atoms with Crippen molar-refractivity contribution >= 4 is 53.3 Å². The maximum atomic E-state index is 13.4. The van der Waals surface area contributed by atoms with Crippen molar-refractivity contribution in [2.24, 2.45) is 5.73 Å². The van der Waals surface area contributed by atoms with Crippen LogP contribution >= 0.6 is 23.1 Å². The number of benzene rings is 2. The number of nitrogens with two attached hydrogens (primary N) is 1. The average Bonchev–Trinajstić information content (AvgIpc) is 3.16. The number of fused-ring (bicyclic) bond motifs is 1. The second-order valence-electron chi connectivity index (χ2n) is 8.76. The third-order valence-electron chi connectivity index (χ3n) is 6.21. The van der Waals surface area contributed by atoms with E-state index in [-0.39, 0.29) is 5.91 Å². The number of rotatable bonds is 5. The van der Waals surface area contributed by atoms with E-state index < -0.39 is 8.32 Å². The van der Waals surface area contributed by atoms with E-state index in [2.05, 4.69) is 36.6 Å². The number of hydrogen-bond acceptors (Lipinski definition) is 5. The number of hydrogen-bond donors (Lipinski definition) is 2. The predicted molar refractivity (Wildman–Crippen MR) is 135 cm³/mol. The van der Waals surface area contributed by atoms with Crippen molar-refractivity contribution in [2.45, 2.75) is 42.6 Å². The van der Waals surface area contributed by atoms with Crippen molar-refractivity contribution in [3.05, 3.63) is 58.5 Å². The summed E-state index contributed by atoms with van der Waals surface area (Å²) < 4.78 is 1.15. The molecule has 0 aliphatic carbocycles. The molecule has 0 saturated carbocycles. The van der Waals surface area contributed by atoms with Gasteiger partial charge in [0.15, 0.2) is 0 Å². The molecular formula is C24H30N2O2S2Si. The monoisotopic (exact) mass is 470 g/mol. The summed E-state index contributed by atoms with van der Waals surface area (Å²) in [4.78, 5) is 26.8. The number of carbonyl (C=O) groups is 1. The van der Waals surface area contributed by atoms with Crippen molar-refractivity contribution in [2.75, 3.05) is 19.3 Å². The lowest BCUT2D eigenvalue weighted by Crippen LogP contribution is -2.41. The molecule has 1 fully saturated rings. The van der Waals surface area contributed by atoms with Gasteiger partial charge in [0.1, 0.15) is 4.88 Å². The van der Waals surface area contributed by atoms with Crippen LogP contribution < -0.4 is 10.9 Å². The van der Waals surface area contributed by atoms with Gasteiger partial charge >= 0.3 is 0 Å². The molecule has 0 bridgehead atoms. The van der Waals surface area contributed by atoms with Crippen LogP contribution in [0.2, 0.25) is 13.1 Å². The summed E-state index contributed by atoms with van der Waals surface area (Å²) in [5.74, 6) is 0.620. The highest BCUT2D eigenvalue weighted by Crippen LogP contribution is 2.38. The van der Waals surface area contributed by atoms with Crippen molar-refractivity contribution < 1.29 is 9.59 Å². The van der Waals surface area contributed by atoms with Crippen LogP contribution in [0.3, 0.4) is 0 Å². The summed E-state index contributed by atoms with van der Waals surface area (Å²) >= 11 is 3.26. The topological polar surface area (TPSA) is 66.6 Å². The van der Waals surface area contributed by atoms with E-state index in [9.17, 15) is 9.59 Å². The Morgan fingerprint density at radius 2 is 1.94 bits per heavy atom. The molecule has 7 heteroatoms. The molecule has 2 heterocycles. The summed E-state index contributed by atoms with van der Waals surface area (Å²) in [7, 11) is -2.39. The Hall–Kier alpha value is -1.64. The van der Waals surface area contributed by atoms with E-state index in [4.69, 9.17) is 5.73 Å². The van der Waals surface area contributed by atoms with E-state index in [1.165, 1.54) is 11.1 Å². The Bertz CT molecular complexity index is 1100. The molecule has 4 nitrogen and oxygen atoms in total. The number of thiophene rings is 1. The molecule has 1 aliphatic rings. The maximum Gasteiger partial charge on any atom is 0.264 e. The minimum atomic E-state index is -2.39. The van der Waals surface area contributed by atoms with Gasteiger partial charge < -0.3 is 15.4 Å². The molecule has 3 N–H and O–H groups in total. The highest BCUT2D eigenvalue weighted by Gasteiger charge is 2.28. The van der Waals surface area contributed by atoms with E-state index in [0.29, 0.717) is 12.5 Å². The smallest absolute Gasteiger partial charge is 0.264 e. The Balaban J connectivity index is 1.55. The zero-order valence-corrected chi connectivity index (χ0v) is 21.0. The molecule has 1 aliphatic heterocycles. The minimum Gasteiger partial charge on any atom is -0.428 e. The highest BCUT2D eigenvalue weighted by atomic mass is 32.2. The SMILES string of the molecule is CSc1sc(C(=O)N2CCC(c3cccc(CN)c3)CC2)c2ccc([Si](C)(C)O)cc12. The normalized spacial score (nSPS) is 15.6. The number of amides is 1. The van der Waals surface area contributed by atoms with Crippen LogP contribution in [0.5, 0.6) is 0 Å². The Kier molecular flexibility index (Phi) is 6.60. The summed E-state index contributed by atoms with van der Waals surface area (Å²) in [5.41, 5.74) is 8.30. The molecule has 0 spiro atoms. The summed E-state index contributed by atoms with van der Waals surface area (Å²) in [6, 6.07) is 14.7. The van der Waals surface area contributed by atoms with Crippen LogP contribution in [-0.4, -0.2) is 43.3 Å². The second-order valence-corrected chi connectivity index (χ2v) is 14.5. The summed E-state index contributed by atoms with van der Waals surface area (Å²) in [5, 5.41) is 3.12. The van der Waals surface area contributed by atoms with Gasteiger partial charge in [0.25, 0.3) is 5.91 Å². The van der Waals surface area contributed by atoms with Crippen LogP contribution in [0.15, 0.2) is 46.7 Å². The van der Waals surface area contributed by atoms with Crippen LogP contribution in [-0.2, 0) is 6.54 Å². The molecule has 164 valence electrons. The zero-order valence-electron chi connectivity index (χ0n) is 18.4. The third-order valence-corrected chi connectivity index (χ3v) is 10.3. The number of thioether (sulfide) groups is 1. The molecule has 4 rings (SSSR count). The first-order valence-electron chi connectivity index (χ1n) is 10.7. The average molecular weight is 471 g/mol. The Morgan fingerprint density at radius 3 is 2.58 bits per heavy atom. The molecule has 2 aromatic carbocycles. The fourth-order valence-corrected chi connectivity index (χ4v) is 7.27. The lowest BCUT2D eigenvalue weighted by molar-refractivity contribution is 0.0719. The van der Waals surface area contributed by atoms with Crippen LogP contribution in [0.4, 0.5) is 0 Å². The van der Waals surface area contributed by atoms with Gasteiger partial charge in [0.2, 0.25) is 8.32 Å². The van der Waals surface area contributed by atoms with Gasteiger partial charge in [-0.1, -0.05) is 42.5 Å². The summed E-state index contributed by atoms with van der Waals surface area (Å²) in [6.45, 7) is 5.97. The van der Waals surface area contributed by atoms with Gasteiger partial charge in [-0.3, -0.25) is 4.79 Å². The van der Waals surface area contributed by atoms with Gasteiger partial charge in [0, 0.05) is 30.4 Å². The first kappa shape index (κ1) is 22.5. The van der Waals surface area contributed by atoms with Gasteiger partial charge in [-0.05, 0) is 54.4 Å². The fraction of sp³-hybridized carbons (Fsp3) is 0.375. The Labute approximate surface area is 193 Å². The van der Waals surface area contributed by atoms with Crippen molar-refractivity contribution in [1.29, 1.82) is 0 Å². The van der Waals surface area contributed by atoms with Gasteiger partial charge in [-0.25, -0.2) is 0 Å². The quantitative estimate of drug-likeness (QED) is 0.425. The lowest BCUT2D eigenvalue weighted by atomic mass is 9.88. The van der Waals surface area contributed by atoms with Crippen molar-refractivity contribution in [3.8, 4) is 0 Å². The molecule has 1 aromatic heterocycles. The number of likely N-dealkylation sites (tertiary alicyclic amines) is 1. The third kappa shape index (κ3) is 4.61. The number of carbonyl (C=O) groups excluding carboxylic acids is 1. The molecular weight excluding hydrogens is 440 g/mol. The largest absolute Gasteiger partial charge is 0.428 e. The van der Waals surface area contributed by atoms with Gasteiger partial charge in [-0.2, -0.15) is 0 Å².